The first-order valence-corrected chi connectivity index (χ1v) is 7.70. The normalized spacial score (nSPS) is 12.3. The molecule has 1 unspecified atom stereocenters. The molecule has 1 atom stereocenters. The molecule has 0 amide bonds. The lowest BCUT2D eigenvalue weighted by Gasteiger charge is -2.16. The number of nitrogens with one attached hydrogen (secondary N) is 1. The van der Waals surface area contributed by atoms with Gasteiger partial charge in [-0.2, -0.15) is 0 Å². The first kappa shape index (κ1) is 17.9. The van der Waals surface area contributed by atoms with E-state index in [-0.39, 0.29) is 0 Å². The van der Waals surface area contributed by atoms with E-state index in [2.05, 4.69) is 24.1 Å². The Morgan fingerprint density at radius 2 is 1.95 bits per heavy atom. The summed E-state index contributed by atoms with van der Waals surface area (Å²) < 4.78 is 15.8. The molecule has 1 aromatic rings. The molecule has 0 bridgehead atoms. The zero-order valence-corrected chi connectivity index (χ0v) is 13.4. The number of rotatable bonds is 12. The van der Waals surface area contributed by atoms with Gasteiger partial charge in [0, 0.05) is 13.2 Å². The monoisotopic (exact) mass is 296 g/mol. The van der Waals surface area contributed by atoms with E-state index in [9.17, 15) is 0 Å². The van der Waals surface area contributed by atoms with Gasteiger partial charge in [0.15, 0.2) is 0 Å². The third-order valence-corrected chi connectivity index (χ3v) is 3.09. The molecule has 120 valence electrons. The standard InChI is InChI=1S/C16H28N2O3/c1-4-8-17-15(5-2)16-7-6-14(13-18-16)21-12-11-20-10-9-19-3/h6-7,13,15,17H,4-5,8-12H2,1-3H3. The van der Waals surface area contributed by atoms with Crippen molar-refractivity contribution in [2.45, 2.75) is 32.7 Å². The van der Waals surface area contributed by atoms with Crippen LogP contribution in [-0.4, -0.2) is 45.1 Å². The number of hydrogen-bond acceptors (Lipinski definition) is 5. The molecule has 0 aromatic carbocycles. The van der Waals surface area contributed by atoms with Gasteiger partial charge < -0.3 is 19.5 Å². The molecule has 5 nitrogen and oxygen atoms in total. The number of nitrogens with zero attached hydrogens (tertiary/aromatic N) is 1. The highest BCUT2D eigenvalue weighted by Gasteiger charge is 2.09. The van der Waals surface area contributed by atoms with E-state index in [1.54, 1.807) is 13.3 Å². The Bertz CT molecular complexity index is 357. The van der Waals surface area contributed by atoms with Gasteiger partial charge in [0.25, 0.3) is 0 Å². The van der Waals surface area contributed by atoms with E-state index in [0.717, 1.165) is 30.8 Å². The molecule has 1 rings (SSSR count). The fourth-order valence-electron chi connectivity index (χ4n) is 1.92. The van der Waals surface area contributed by atoms with Crippen LogP contribution in [0.3, 0.4) is 0 Å². The van der Waals surface area contributed by atoms with Gasteiger partial charge in [-0.05, 0) is 31.5 Å². The molecular weight excluding hydrogens is 268 g/mol. The van der Waals surface area contributed by atoms with E-state index in [4.69, 9.17) is 14.2 Å². The number of methoxy groups -OCH3 is 1. The Morgan fingerprint density at radius 1 is 1.14 bits per heavy atom. The fraction of sp³-hybridized carbons (Fsp3) is 0.688. The van der Waals surface area contributed by atoms with E-state index < -0.39 is 0 Å². The van der Waals surface area contributed by atoms with Crippen LogP contribution in [0, 0.1) is 0 Å². The molecular formula is C16H28N2O3. The topological polar surface area (TPSA) is 52.6 Å². The van der Waals surface area contributed by atoms with Crippen LogP contribution in [0.25, 0.3) is 0 Å². The van der Waals surface area contributed by atoms with Crippen molar-refractivity contribution in [3.05, 3.63) is 24.0 Å². The Kier molecular flexibility index (Phi) is 9.78. The highest BCUT2D eigenvalue weighted by molar-refractivity contribution is 5.21. The number of aromatic nitrogens is 1. The molecule has 0 radical (unpaired) electrons. The van der Waals surface area contributed by atoms with Crippen LogP contribution in [0.1, 0.15) is 38.4 Å². The Balaban J connectivity index is 2.32. The second-order valence-corrected chi connectivity index (χ2v) is 4.79. The minimum absolute atomic E-state index is 0.316. The molecule has 0 fully saturated rings. The van der Waals surface area contributed by atoms with Crippen molar-refractivity contribution in [2.24, 2.45) is 0 Å². The summed E-state index contributed by atoms with van der Waals surface area (Å²) in [6.07, 6.45) is 3.93. The van der Waals surface area contributed by atoms with E-state index in [1.807, 2.05) is 12.1 Å². The summed E-state index contributed by atoms with van der Waals surface area (Å²) in [5.41, 5.74) is 1.06. The van der Waals surface area contributed by atoms with Crippen LogP contribution >= 0.6 is 0 Å². The van der Waals surface area contributed by atoms with Gasteiger partial charge in [-0.1, -0.05) is 13.8 Å². The molecule has 21 heavy (non-hydrogen) atoms. The lowest BCUT2D eigenvalue weighted by atomic mass is 10.1. The second kappa shape index (κ2) is 11.5. The minimum Gasteiger partial charge on any atom is -0.490 e. The lowest BCUT2D eigenvalue weighted by molar-refractivity contribution is 0.0543. The van der Waals surface area contributed by atoms with Crippen LogP contribution < -0.4 is 10.1 Å². The summed E-state index contributed by atoms with van der Waals surface area (Å²) in [6, 6.07) is 4.31. The fourth-order valence-corrected chi connectivity index (χ4v) is 1.92. The van der Waals surface area contributed by atoms with Crippen LogP contribution in [0.15, 0.2) is 18.3 Å². The van der Waals surface area contributed by atoms with Gasteiger partial charge in [-0.3, -0.25) is 4.98 Å². The highest BCUT2D eigenvalue weighted by Crippen LogP contribution is 2.17. The maximum Gasteiger partial charge on any atom is 0.137 e. The largest absolute Gasteiger partial charge is 0.490 e. The summed E-state index contributed by atoms with van der Waals surface area (Å²) >= 11 is 0. The lowest BCUT2D eigenvalue weighted by Crippen LogP contribution is -2.22. The number of pyridine rings is 1. The van der Waals surface area contributed by atoms with Gasteiger partial charge in [0.05, 0.1) is 31.7 Å². The van der Waals surface area contributed by atoms with Crippen LogP contribution in [0.5, 0.6) is 5.75 Å². The van der Waals surface area contributed by atoms with Gasteiger partial charge in [0.2, 0.25) is 0 Å². The third kappa shape index (κ3) is 7.41. The zero-order valence-electron chi connectivity index (χ0n) is 13.4. The number of ether oxygens (including phenoxy) is 3. The predicted octanol–water partition coefficient (Wildman–Crippen LogP) is 2.57. The molecule has 0 spiro atoms. The van der Waals surface area contributed by atoms with Gasteiger partial charge in [-0.15, -0.1) is 0 Å². The molecule has 0 aliphatic rings. The average Bonchev–Trinajstić information content (AvgIpc) is 2.53. The molecule has 0 saturated heterocycles. The van der Waals surface area contributed by atoms with E-state index in [1.165, 1.54) is 0 Å². The Hall–Kier alpha value is -1.17. The third-order valence-electron chi connectivity index (χ3n) is 3.09. The molecule has 0 aliphatic carbocycles. The van der Waals surface area contributed by atoms with Crippen molar-refractivity contribution >= 4 is 0 Å². The SMILES string of the molecule is CCCNC(CC)c1ccc(OCCOCCOC)cn1. The predicted molar refractivity (Wildman–Crippen MR) is 83.8 cm³/mol. The first-order valence-electron chi connectivity index (χ1n) is 7.70. The smallest absolute Gasteiger partial charge is 0.137 e. The summed E-state index contributed by atoms with van der Waals surface area (Å²) in [4.78, 5) is 4.48. The average molecular weight is 296 g/mol. The van der Waals surface area contributed by atoms with E-state index >= 15 is 0 Å². The van der Waals surface area contributed by atoms with Crippen molar-refractivity contribution in [3.8, 4) is 5.75 Å². The molecule has 5 heteroatoms. The zero-order chi connectivity index (χ0) is 15.3. The molecule has 0 aliphatic heterocycles. The van der Waals surface area contributed by atoms with Crippen molar-refractivity contribution < 1.29 is 14.2 Å². The second-order valence-electron chi connectivity index (χ2n) is 4.79. The molecule has 1 N–H and O–H groups in total. The molecule has 1 heterocycles. The van der Waals surface area contributed by atoms with Crippen molar-refractivity contribution in [1.29, 1.82) is 0 Å². The number of hydrogen-bond donors (Lipinski definition) is 1. The van der Waals surface area contributed by atoms with E-state index in [0.29, 0.717) is 32.5 Å². The van der Waals surface area contributed by atoms with Crippen LogP contribution in [0.4, 0.5) is 0 Å². The quantitative estimate of drug-likeness (QED) is 0.601. The van der Waals surface area contributed by atoms with Gasteiger partial charge in [0.1, 0.15) is 12.4 Å². The van der Waals surface area contributed by atoms with Crippen molar-refractivity contribution in [2.75, 3.05) is 40.1 Å². The summed E-state index contributed by atoms with van der Waals surface area (Å²) in [5.74, 6) is 0.777. The van der Waals surface area contributed by atoms with Gasteiger partial charge >= 0.3 is 0 Å². The maximum atomic E-state index is 5.59. The molecule has 0 saturated carbocycles. The minimum atomic E-state index is 0.316. The summed E-state index contributed by atoms with van der Waals surface area (Å²) in [7, 11) is 1.66. The van der Waals surface area contributed by atoms with Crippen LogP contribution in [0.2, 0.25) is 0 Å². The summed E-state index contributed by atoms with van der Waals surface area (Å²) in [6.45, 7) is 7.63. The van der Waals surface area contributed by atoms with Gasteiger partial charge in [-0.25, -0.2) is 0 Å². The van der Waals surface area contributed by atoms with Crippen LogP contribution in [-0.2, 0) is 9.47 Å². The first-order chi connectivity index (χ1) is 10.3. The maximum absolute atomic E-state index is 5.59. The van der Waals surface area contributed by atoms with Crippen molar-refractivity contribution in [1.82, 2.24) is 10.3 Å². The summed E-state index contributed by atoms with van der Waals surface area (Å²) in [5, 5.41) is 3.49. The molecule has 1 aromatic heterocycles. The Morgan fingerprint density at radius 3 is 2.57 bits per heavy atom. The highest BCUT2D eigenvalue weighted by atomic mass is 16.5. The Labute approximate surface area is 128 Å². The van der Waals surface area contributed by atoms with Crippen molar-refractivity contribution in [3.63, 3.8) is 0 Å².